The van der Waals surface area contributed by atoms with Gasteiger partial charge in [-0.2, -0.15) is 0 Å². The Balaban J connectivity index is 2.00. The first-order valence-electron chi connectivity index (χ1n) is 6.79. The first-order valence-corrected chi connectivity index (χ1v) is 7.60. The van der Waals surface area contributed by atoms with Gasteiger partial charge in [0.25, 0.3) is 11.1 Å². The third kappa shape index (κ3) is 2.67. The monoisotopic (exact) mass is 311 g/mol. The zero-order chi connectivity index (χ0) is 15.7. The zero-order valence-electron chi connectivity index (χ0n) is 11.9. The molecule has 1 aliphatic heterocycles. The molecule has 0 bridgehead atoms. The van der Waals surface area contributed by atoms with Gasteiger partial charge in [-0.15, -0.1) is 0 Å². The van der Waals surface area contributed by atoms with Crippen molar-refractivity contribution >= 4 is 45.5 Å². The quantitative estimate of drug-likeness (QED) is 0.815. The topological polar surface area (TPSA) is 54.5 Å². The van der Waals surface area contributed by atoms with Crippen LogP contribution in [0.15, 0.2) is 47.4 Å². The third-order valence-corrected chi connectivity index (χ3v) is 4.27. The molecule has 2 aromatic carbocycles. The Morgan fingerprint density at radius 2 is 1.86 bits per heavy atom. The fraction of sp³-hybridized carbons (Fsp3) is 0.118. The number of rotatable bonds is 3. The molecule has 0 aliphatic carbocycles. The SMILES string of the molecule is CC(=O)CN1C(=O)S/C(=C\c2cccc3ccccc23)C1=O. The van der Waals surface area contributed by atoms with Gasteiger partial charge in [0, 0.05) is 0 Å². The second kappa shape index (κ2) is 5.77. The second-order valence-corrected chi connectivity index (χ2v) is 6.03. The summed E-state index contributed by atoms with van der Waals surface area (Å²) >= 11 is 0.873. The molecule has 22 heavy (non-hydrogen) atoms. The summed E-state index contributed by atoms with van der Waals surface area (Å²) < 4.78 is 0. The maximum atomic E-state index is 12.3. The number of benzene rings is 2. The largest absolute Gasteiger partial charge is 0.298 e. The van der Waals surface area contributed by atoms with Gasteiger partial charge in [-0.1, -0.05) is 42.5 Å². The summed E-state index contributed by atoms with van der Waals surface area (Å²) in [5.41, 5.74) is 0.881. The minimum Gasteiger partial charge on any atom is -0.298 e. The summed E-state index contributed by atoms with van der Waals surface area (Å²) in [5, 5.41) is 1.69. The number of thioether (sulfide) groups is 1. The van der Waals surface area contributed by atoms with E-state index in [0.717, 1.165) is 33.0 Å². The van der Waals surface area contributed by atoms with Gasteiger partial charge in [0.1, 0.15) is 5.78 Å². The van der Waals surface area contributed by atoms with Crippen LogP contribution in [0.25, 0.3) is 16.8 Å². The average Bonchev–Trinajstić information content (AvgIpc) is 2.75. The Bertz CT molecular complexity index is 820. The fourth-order valence-electron chi connectivity index (χ4n) is 2.38. The van der Waals surface area contributed by atoms with Gasteiger partial charge in [0.05, 0.1) is 11.4 Å². The lowest BCUT2D eigenvalue weighted by Gasteiger charge is -2.08. The number of carbonyl (C=O) groups is 3. The number of carbonyl (C=O) groups excluding carboxylic acids is 3. The molecule has 0 aromatic heterocycles. The highest BCUT2D eigenvalue weighted by atomic mass is 32.2. The van der Waals surface area contributed by atoms with Crippen molar-refractivity contribution in [1.29, 1.82) is 0 Å². The minimum absolute atomic E-state index is 0.169. The summed E-state index contributed by atoms with van der Waals surface area (Å²) in [6.45, 7) is 1.19. The Labute approximate surface area is 131 Å². The van der Waals surface area contributed by atoms with Gasteiger partial charge < -0.3 is 0 Å². The van der Waals surface area contributed by atoms with Crippen LogP contribution in [0.1, 0.15) is 12.5 Å². The van der Waals surface area contributed by atoms with E-state index in [4.69, 9.17) is 0 Å². The summed E-state index contributed by atoms with van der Waals surface area (Å²) in [6.07, 6.45) is 1.72. The summed E-state index contributed by atoms with van der Waals surface area (Å²) in [4.78, 5) is 36.6. The van der Waals surface area contributed by atoms with Crippen molar-refractivity contribution in [3.05, 3.63) is 52.9 Å². The predicted octanol–water partition coefficient (Wildman–Crippen LogP) is 3.47. The van der Waals surface area contributed by atoms with Crippen LogP contribution in [0.2, 0.25) is 0 Å². The van der Waals surface area contributed by atoms with Gasteiger partial charge >= 0.3 is 0 Å². The molecule has 4 nitrogen and oxygen atoms in total. The molecule has 1 saturated heterocycles. The van der Waals surface area contributed by atoms with Gasteiger partial charge in [-0.25, -0.2) is 0 Å². The molecule has 110 valence electrons. The van der Waals surface area contributed by atoms with Crippen molar-refractivity contribution < 1.29 is 14.4 Å². The highest BCUT2D eigenvalue weighted by molar-refractivity contribution is 8.18. The van der Waals surface area contributed by atoms with E-state index in [9.17, 15) is 14.4 Å². The van der Waals surface area contributed by atoms with Crippen molar-refractivity contribution in [3.8, 4) is 0 Å². The Kier molecular flexibility index (Phi) is 3.81. The van der Waals surface area contributed by atoms with E-state index in [1.165, 1.54) is 6.92 Å². The average molecular weight is 311 g/mol. The number of nitrogens with zero attached hydrogens (tertiary/aromatic N) is 1. The van der Waals surface area contributed by atoms with E-state index in [-0.39, 0.29) is 12.3 Å². The lowest BCUT2D eigenvalue weighted by atomic mass is 10.0. The van der Waals surface area contributed by atoms with Crippen LogP contribution in [0, 0.1) is 0 Å². The Morgan fingerprint density at radius 1 is 1.14 bits per heavy atom. The van der Waals surface area contributed by atoms with Crippen LogP contribution in [0.4, 0.5) is 4.79 Å². The van der Waals surface area contributed by atoms with Crippen molar-refractivity contribution in [2.45, 2.75) is 6.92 Å². The number of imide groups is 1. The zero-order valence-corrected chi connectivity index (χ0v) is 12.7. The van der Waals surface area contributed by atoms with E-state index < -0.39 is 11.1 Å². The van der Waals surface area contributed by atoms with E-state index in [1.54, 1.807) is 6.08 Å². The molecule has 0 unspecified atom stereocenters. The number of hydrogen-bond acceptors (Lipinski definition) is 4. The fourth-order valence-corrected chi connectivity index (χ4v) is 3.21. The number of fused-ring (bicyclic) bond motifs is 1. The number of hydrogen-bond donors (Lipinski definition) is 0. The van der Waals surface area contributed by atoms with Crippen molar-refractivity contribution in [1.82, 2.24) is 4.90 Å². The molecule has 1 fully saturated rings. The molecular weight excluding hydrogens is 298 g/mol. The molecule has 0 N–H and O–H groups in total. The molecule has 0 saturated carbocycles. The smallest absolute Gasteiger partial charge is 0.293 e. The Hall–Kier alpha value is -2.40. The molecule has 0 radical (unpaired) electrons. The normalized spacial score (nSPS) is 16.8. The molecule has 2 amide bonds. The molecule has 1 aliphatic rings. The molecule has 1 heterocycles. The maximum absolute atomic E-state index is 12.3. The lowest BCUT2D eigenvalue weighted by Crippen LogP contribution is -2.32. The van der Waals surface area contributed by atoms with E-state index in [0.29, 0.717) is 4.91 Å². The maximum Gasteiger partial charge on any atom is 0.293 e. The highest BCUT2D eigenvalue weighted by Crippen LogP contribution is 2.33. The number of ketones is 1. The van der Waals surface area contributed by atoms with Crippen molar-refractivity contribution in [3.63, 3.8) is 0 Å². The minimum atomic E-state index is -0.405. The van der Waals surface area contributed by atoms with Crippen molar-refractivity contribution in [2.24, 2.45) is 0 Å². The van der Waals surface area contributed by atoms with Crippen LogP contribution < -0.4 is 0 Å². The van der Waals surface area contributed by atoms with Gasteiger partial charge in [0.15, 0.2) is 0 Å². The molecule has 2 aromatic rings. The molecular formula is C17H13NO3S. The van der Waals surface area contributed by atoms with Crippen LogP contribution in [0.3, 0.4) is 0 Å². The van der Waals surface area contributed by atoms with E-state index >= 15 is 0 Å². The lowest BCUT2D eigenvalue weighted by molar-refractivity contribution is -0.127. The third-order valence-electron chi connectivity index (χ3n) is 3.36. The standard InChI is InChI=1S/C17H13NO3S/c1-11(19)10-18-16(20)15(22-17(18)21)9-13-7-4-6-12-5-2-3-8-14(12)13/h2-9H,10H2,1H3/b15-9-. The summed E-state index contributed by atoms with van der Waals surface area (Å²) in [7, 11) is 0. The highest BCUT2D eigenvalue weighted by Gasteiger charge is 2.35. The van der Waals surface area contributed by atoms with Crippen LogP contribution in [-0.4, -0.2) is 28.4 Å². The number of amides is 2. The van der Waals surface area contributed by atoms with Crippen LogP contribution in [0.5, 0.6) is 0 Å². The molecule has 0 spiro atoms. The summed E-state index contributed by atoms with van der Waals surface area (Å²) in [5.74, 6) is -0.619. The van der Waals surface area contributed by atoms with E-state index in [1.807, 2.05) is 42.5 Å². The first-order chi connectivity index (χ1) is 10.6. The predicted molar refractivity (Wildman–Crippen MR) is 87.3 cm³/mol. The second-order valence-electron chi connectivity index (χ2n) is 5.04. The first kappa shape index (κ1) is 14.5. The van der Waals surface area contributed by atoms with Gasteiger partial charge in [-0.3, -0.25) is 19.3 Å². The van der Waals surface area contributed by atoms with E-state index in [2.05, 4.69) is 0 Å². The van der Waals surface area contributed by atoms with Crippen LogP contribution >= 0.6 is 11.8 Å². The molecule has 5 heteroatoms. The molecule has 0 atom stereocenters. The van der Waals surface area contributed by atoms with Crippen LogP contribution in [-0.2, 0) is 9.59 Å². The van der Waals surface area contributed by atoms with Crippen molar-refractivity contribution in [2.75, 3.05) is 6.54 Å². The van der Waals surface area contributed by atoms with Gasteiger partial charge in [-0.05, 0) is 41.1 Å². The molecule has 3 rings (SSSR count). The van der Waals surface area contributed by atoms with Gasteiger partial charge in [0.2, 0.25) is 0 Å². The number of Topliss-reactive ketones (excluding diaryl/α,β-unsaturated/α-hetero) is 1. The summed E-state index contributed by atoms with van der Waals surface area (Å²) in [6, 6.07) is 13.7. The Morgan fingerprint density at radius 3 is 2.64 bits per heavy atom.